The van der Waals surface area contributed by atoms with Gasteiger partial charge in [-0.15, -0.1) is 0 Å². The summed E-state index contributed by atoms with van der Waals surface area (Å²) in [6, 6.07) is 3.76. The molecule has 1 fully saturated rings. The summed E-state index contributed by atoms with van der Waals surface area (Å²) in [4.78, 5) is 1.78. The van der Waals surface area contributed by atoms with Gasteiger partial charge in [0.2, 0.25) is 0 Å². The van der Waals surface area contributed by atoms with Gasteiger partial charge in [0.15, 0.2) is 0 Å². The van der Waals surface area contributed by atoms with Crippen molar-refractivity contribution in [3.63, 3.8) is 0 Å². The van der Waals surface area contributed by atoms with E-state index < -0.39 is 24.1 Å². The van der Waals surface area contributed by atoms with E-state index >= 15 is 0 Å². The Balaban J connectivity index is 2.37. The van der Waals surface area contributed by atoms with E-state index in [-0.39, 0.29) is 6.04 Å². The maximum Gasteiger partial charge on any atom is 0.131 e. The van der Waals surface area contributed by atoms with Gasteiger partial charge in [-0.25, -0.2) is 4.39 Å². The van der Waals surface area contributed by atoms with Gasteiger partial charge in [0, 0.05) is 17.7 Å². The fourth-order valence-corrected chi connectivity index (χ4v) is 2.49. The van der Waals surface area contributed by atoms with Gasteiger partial charge in [-0.3, -0.25) is 4.90 Å². The summed E-state index contributed by atoms with van der Waals surface area (Å²) in [5, 5.41) is 19.8. The van der Waals surface area contributed by atoms with Crippen LogP contribution in [0.4, 0.5) is 4.39 Å². The Morgan fingerprint density at radius 2 is 1.94 bits per heavy atom. The molecule has 0 aromatic heterocycles. The Hall–Kier alpha value is -1.17. The van der Waals surface area contributed by atoms with Crippen molar-refractivity contribution in [2.75, 3.05) is 14.2 Å². The molecule has 1 saturated heterocycles. The summed E-state index contributed by atoms with van der Waals surface area (Å²) in [5.41, 5.74) is 0.370. The van der Waals surface area contributed by atoms with Gasteiger partial charge in [-0.2, -0.15) is 0 Å². The fourth-order valence-electron chi connectivity index (χ4n) is 2.49. The van der Waals surface area contributed by atoms with Crippen LogP contribution in [0.2, 0.25) is 0 Å². The molecule has 4 atom stereocenters. The largest absolute Gasteiger partial charge is 0.497 e. The second kappa shape index (κ2) is 4.84. The van der Waals surface area contributed by atoms with Crippen LogP contribution in [0.3, 0.4) is 0 Å². The molecule has 5 heteroatoms. The normalized spacial score (nSPS) is 32.8. The standard InChI is InChI=1S/C13H18FNO3/c1-7-12(16)13(17)11(15(7)2)9-5-4-8(18-3)6-10(9)14/h4-7,11-13,16-17H,1-3H3/t7-,11-,12-,13-/m1/s1. The highest BCUT2D eigenvalue weighted by Crippen LogP contribution is 2.37. The number of rotatable bonds is 2. The molecule has 0 bridgehead atoms. The molecule has 0 unspecified atom stereocenters. The highest BCUT2D eigenvalue weighted by Gasteiger charge is 2.44. The Bertz CT molecular complexity index is 426. The highest BCUT2D eigenvalue weighted by molar-refractivity contribution is 5.32. The first-order valence-electron chi connectivity index (χ1n) is 5.89. The molecule has 1 aromatic carbocycles. The smallest absolute Gasteiger partial charge is 0.131 e. The summed E-state index contributed by atoms with van der Waals surface area (Å²) in [5.74, 6) is -0.00784. The summed E-state index contributed by atoms with van der Waals surface area (Å²) < 4.78 is 18.9. The molecule has 18 heavy (non-hydrogen) atoms. The lowest BCUT2D eigenvalue weighted by molar-refractivity contribution is 0.0295. The zero-order valence-electron chi connectivity index (χ0n) is 10.7. The van der Waals surface area contributed by atoms with Crippen LogP contribution < -0.4 is 4.74 Å². The number of nitrogens with zero attached hydrogens (tertiary/aromatic N) is 1. The number of benzene rings is 1. The predicted molar refractivity (Wildman–Crippen MR) is 64.9 cm³/mol. The number of aliphatic hydroxyl groups excluding tert-OH is 2. The Morgan fingerprint density at radius 3 is 2.39 bits per heavy atom. The van der Waals surface area contributed by atoms with E-state index in [1.54, 1.807) is 31.0 Å². The predicted octanol–water partition coefficient (Wildman–Crippen LogP) is 0.931. The number of aliphatic hydroxyl groups is 2. The molecule has 0 amide bonds. The van der Waals surface area contributed by atoms with Crippen LogP contribution in [0.25, 0.3) is 0 Å². The monoisotopic (exact) mass is 255 g/mol. The SMILES string of the molecule is COc1ccc([C@@H]2[C@@H](O)[C@H](O)[C@@H](C)N2C)c(F)c1. The number of halogens is 1. The van der Waals surface area contributed by atoms with E-state index in [9.17, 15) is 14.6 Å². The second-order valence-electron chi connectivity index (χ2n) is 4.72. The summed E-state index contributed by atoms with van der Waals surface area (Å²) >= 11 is 0. The lowest BCUT2D eigenvalue weighted by atomic mass is 10.0. The topological polar surface area (TPSA) is 52.9 Å². The van der Waals surface area contributed by atoms with Crippen molar-refractivity contribution < 1.29 is 19.3 Å². The number of hydrogen-bond acceptors (Lipinski definition) is 4. The summed E-state index contributed by atoms with van der Waals surface area (Å²) in [6.45, 7) is 1.80. The van der Waals surface area contributed by atoms with Gasteiger partial charge in [0.05, 0.1) is 19.3 Å². The Labute approximate surface area is 106 Å². The van der Waals surface area contributed by atoms with E-state index in [1.807, 2.05) is 0 Å². The van der Waals surface area contributed by atoms with Gasteiger partial charge in [0.25, 0.3) is 0 Å². The molecule has 0 aliphatic carbocycles. The van der Waals surface area contributed by atoms with Crippen LogP contribution in [-0.2, 0) is 0 Å². The van der Waals surface area contributed by atoms with E-state index in [1.165, 1.54) is 13.2 Å². The lowest BCUT2D eigenvalue weighted by Gasteiger charge is -2.24. The second-order valence-corrected chi connectivity index (χ2v) is 4.72. The molecule has 1 aliphatic rings. The van der Waals surface area contributed by atoms with Gasteiger partial charge in [-0.05, 0) is 20.0 Å². The number of likely N-dealkylation sites (tertiary alicyclic amines) is 1. The minimum Gasteiger partial charge on any atom is -0.497 e. The van der Waals surface area contributed by atoms with Crippen molar-refractivity contribution in [1.29, 1.82) is 0 Å². The third-order valence-electron chi connectivity index (χ3n) is 3.78. The molecular weight excluding hydrogens is 237 g/mol. The van der Waals surface area contributed by atoms with Crippen molar-refractivity contribution >= 4 is 0 Å². The molecule has 100 valence electrons. The quantitative estimate of drug-likeness (QED) is 0.825. The van der Waals surface area contributed by atoms with E-state index in [2.05, 4.69) is 0 Å². The third-order valence-corrected chi connectivity index (χ3v) is 3.78. The minimum absolute atomic E-state index is 0.216. The number of likely N-dealkylation sites (N-methyl/N-ethyl adjacent to an activating group) is 1. The summed E-state index contributed by atoms with van der Waals surface area (Å²) in [6.07, 6.45) is -1.87. The van der Waals surface area contributed by atoms with Gasteiger partial charge in [-0.1, -0.05) is 6.07 Å². The number of ether oxygens (including phenoxy) is 1. The zero-order chi connectivity index (χ0) is 13.4. The van der Waals surface area contributed by atoms with Crippen molar-refractivity contribution in [2.24, 2.45) is 0 Å². The molecule has 0 radical (unpaired) electrons. The molecule has 1 aromatic rings. The van der Waals surface area contributed by atoms with Crippen molar-refractivity contribution in [3.05, 3.63) is 29.6 Å². The van der Waals surface area contributed by atoms with Crippen molar-refractivity contribution in [3.8, 4) is 5.75 Å². The maximum atomic E-state index is 14.0. The van der Waals surface area contributed by atoms with E-state index in [0.717, 1.165) is 0 Å². The van der Waals surface area contributed by atoms with Crippen LogP contribution in [0.5, 0.6) is 5.75 Å². The van der Waals surface area contributed by atoms with Crippen molar-refractivity contribution in [1.82, 2.24) is 4.90 Å². The third kappa shape index (κ3) is 1.98. The number of methoxy groups -OCH3 is 1. The molecule has 1 heterocycles. The molecule has 0 spiro atoms. The fraction of sp³-hybridized carbons (Fsp3) is 0.538. The molecule has 4 nitrogen and oxygen atoms in total. The van der Waals surface area contributed by atoms with E-state index in [4.69, 9.17) is 4.74 Å². The average Bonchev–Trinajstić information content (AvgIpc) is 2.55. The van der Waals surface area contributed by atoms with Crippen LogP contribution in [0, 0.1) is 5.82 Å². The van der Waals surface area contributed by atoms with Crippen molar-refractivity contribution in [2.45, 2.75) is 31.2 Å². The lowest BCUT2D eigenvalue weighted by Crippen LogP contribution is -2.30. The van der Waals surface area contributed by atoms with Crippen LogP contribution in [0.15, 0.2) is 18.2 Å². The molecule has 2 rings (SSSR count). The number of hydrogen-bond donors (Lipinski definition) is 2. The molecule has 2 N–H and O–H groups in total. The van der Waals surface area contributed by atoms with Crippen LogP contribution >= 0.6 is 0 Å². The molecular formula is C13H18FNO3. The molecule has 0 saturated carbocycles. The average molecular weight is 255 g/mol. The van der Waals surface area contributed by atoms with Gasteiger partial charge >= 0.3 is 0 Å². The Kier molecular flexibility index (Phi) is 3.56. The van der Waals surface area contributed by atoms with Crippen LogP contribution in [-0.4, -0.2) is 47.5 Å². The maximum absolute atomic E-state index is 14.0. The van der Waals surface area contributed by atoms with E-state index in [0.29, 0.717) is 11.3 Å². The zero-order valence-corrected chi connectivity index (χ0v) is 10.7. The van der Waals surface area contributed by atoms with Crippen LogP contribution in [0.1, 0.15) is 18.5 Å². The van der Waals surface area contributed by atoms with Gasteiger partial charge < -0.3 is 14.9 Å². The molecule has 1 aliphatic heterocycles. The first-order chi connectivity index (χ1) is 8.47. The minimum atomic E-state index is -0.993. The first-order valence-corrected chi connectivity index (χ1v) is 5.89. The summed E-state index contributed by atoms with van der Waals surface area (Å²) in [7, 11) is 3.23. The first kappa shape index (κ1) is 13.3. The Morgan fingerprint density at radius 1 is 1.28 bits per heavy atom. The highest BCUT2D eigenvalue weighted by atomic mass is 19.1. The van der Waals surface area contributed by atoms with Gasteiger partial charge in [0.1, 0.15) is 17.7 Å².